The number of nitrogens with zero attached hydrogens (tertiary/aromatic N) is 1. The minimum absolute atomic E-state index is 0.170. The highest BCUT2D eigenvalue weighted by Gasteiger charge is 2.14. The first-order chi connectivity index (χ1) is 12.8. The van der Waals surface area contributed by atoms with Crippen LogP contribution < -0.4 is 10.6 Å². The Kier molecular flexibility index (Phi) is 6.99. The lowest BCUT2D eigenvalue weighted by atomic mass is 10.2. The summed E-state index contributed by atoms with van der Waals surface area (Å²) in [6.45, 7) is 10.4. The van der Waals surface area contributed by atoms with Crippen molar-refractivity contribution in [3.8, 4) is 5.69 Å². The lowest BCUT2D eigenvalue weighted by Gasteiger charge is -2.12. The Bertz CT molecular complexity index is 832. The predicted octanol–water partition coefficient (Wildman–Crippen LogP) is 3.45. The number of carbonyl (C=O) groups excluding carboxylic acids is 2. The predicted molar refractivity (Wildman–Crippen MR) is 110 cm³/mol. The van der Waals surface area contributed by atoms with Crippen LogP contribution in [0, 0.1) is 20.8 Å². The third kappa shape index (κ3) is 5.33. The van der Waals surface area contributed by atoms with Crippen LogP contribution in [-0.4, -0.2) is 29.0 Å². The van der Waals surface area contributed by atoms with Crippen LogP contribution in [0.25, 0.3) is 11.8 Å². The van der Waals surface area contributed by atoms with Crippen molar-refractivity contribution in [1.29, 1.82) is 0 Å². The van der Waals surface area contributed by atoms with Crippen LogP contribution in [-0.2, 0) is 9.59 Å². The first-order valence-electron chi connectivity index (χ1n) is 9.35. The van der Waals surface area contributed by atoms with E-state index in [1.54, 1.807) is 13.0 Å². The van der Waals surface area contributed by atoms with E-state index in [1.165, 1.54) is 11.6 Å². The number of aromatic nitrogens is 1. The summed E-state index contributed by atoms with van der Waals surface area (Å²) in [5, 5.41) is 5.47. The van der Waals surface area contributed by atoms with Crippen LogP contribution in [0.15, 0.2) is 36.4 Å². The maximum absolute atomic E-state index is 12.1. The topological polar surface area (TPSA) is 63.1 Å². The molecule has 2 amide bonds. The standard InChI is InChI=1S/C22H29N3O2/c1-6-13-23-22(27)17(4)24-21(26)12-9-19-14-16(3)25(18(19)5)20-10-7-15(2)8-11-20/h7-12,14,17H,6,13H2,1-5H3,(H,23,27)(H,24,26)/b12-9+. The van der Waals surface area contributed by atoms with E-state index < -0.39 is 6.04 Å². The van der Waals surface area contributed by atoms with Crippen molar-refractivity contribution in [2.45, 2.75) is 47.1 Å². The van der Waals surface area contributed by atoms with Crippen LogP contribution in [0.1, 0.15) is 42.8 Å². The molecule has 144 valence electrons. The molecule has 0 fully saturated rings. The zero-order valence-corrected chi connectivity index (χ0v) is 16.8. The lowest BCUT2D eigenvalue weighted by molar-refractivity contribution is -0.126. The molecule has 0 radical (unpaired) electrons. The highest BCUT2D eigenvalue weighted by Crippen LogP contribution is 2.22. The van der Waals surface area contributed by atoms with Crippen LogP contribution in [0.2, 0.25) is 0 Å². The van der Waals surface area contributed by atoms with Crippen molar-refractivity contribution >= 4 is 17.9 Å². The zero-order valence-electron chi connectivity index (χ0n) is 16.8. The van der Waals surface area contributed by atoms with Gasteiger partial charge >= 0.3 is 0 Å². The molecule has 1 heterocycles. The molecular formula is C22H29N3O2. The Morgan fingerprint density at radius 2 is 1.81 bits per heavy atom. The molecule has 0 spiro atoms. The number of amides is 2. The summed E-state index contributed by atoms with van der Waals surface area (Å²) in [5.41, 5.74) is 5.46. The monoisotopic (exact) mass is 367 g/mol. The van der Waals surface area contributed by atoms with E-state index >= 15 is 0 Å². The maximum atomic E-state index is 12.1. The quantitative estimate of drug-likeness (QED) is 0.736. The van der Waals surface area contributed by atoms with Gasteiger partial charge in [0.2, 0.25) is 11.8 Å². The highest BCUT2D eigenvalue weighted by molar-refractivity contribution is 5.95. The van der Waals surface area contributed by atoms with Gasteiger partial charge in [-0.1, -0.05) is 24.6 Å². The van der Waals surface area contributed by atoms with Gasteiger partial charge in [0.25, 0.3) is 0 Å². The minimum Gasteiger partial charge on any atom is -0.354 e. The van der Waals surface area contributed by atoms with Gasteiger partial charge in [0.15, 0.2) is 0 Å². The van der Waals surface area contributed by atoms with Crippen molar-refractivity contribution in [2.75, 3.05) is 6.54 Å². The van der Waals surface area contributed by atoms with Gasteiger partial charge in [0.05, 0.1) is 0 Å². The molecule has 2 aromatic rings. The molecule has 27 heavy (non-hydrogen) atoms. The van der Waals surface area contributed by atoms with Gasteiger partial charge in [0.1, 0.15) is 6.04 Å². The third-order valence-corrected chi connectivity index (χ3v) is 4.48. The van der Waals surface area contributed by atoms with Crippen LogP contribution >= 0.6 is 0 Å². The molecule has 5 nitrogen and oxygen atoms in total. The molecular weight excluding hydrogens is 338 g/mol. The summed E-state index contributed by atoms with van der Waals surface area (Å²) in [7, 11) is 0. The van der Waals surface area contributed by atoms with Gasteiger partial charge in [0, 0.05) is 29.7 Å². The lowest BCUT2D eigenvalue weighted by Crippen LogP contribution is -2.44. The van der Waals surface area contributed by atoms with Gasteiger partial charge in [-0.2, -0.15) is 0 Å². The first-order valence-corrected chi connectivity index (χ1v) is 9.35. The van der Waals surface area contributed by atoms with Gasteiger partial charge in [-0.25, -0.2) is 0 Å². The minimum atomic E-state index is -0.561. The van der Waals surface area contributed by atoms with Gasteiger partial charge in [-0.3, -0.25) is 9.59 Å². The third-order valence-electron chi connectivity index (χ3n) is 4.48. The first kappa shape index (κ1) is 20.5. The van der Waals surface area contributed by atoms with E-state index in [0.717, 1.165) is 29.1 Å². The number of carbonyl (C=O) groups is 2. The summed E-state index contributed by atoms with van der Waals surface area (Å²) in [4.78, 5) is 24.0. The number of nitrogens with one attached hydrogen (secondary N) is 2. The molecule has 0 saturated carbocycles. The van der Waals surface area contributed by atoms with Crippen LogP contribution in [0.3, 0.4) is 0 Å². The van der Waals surface area contributed by atoms with Crippen LogP contribution in [0.5, 0.6) is 0 Å². The Morgan fingerprint density at radius 3 is 2.44 bits per heavy atom. The van der Waals surface area contributed by atoms with Crippen molar-refractivity contribution in [1.82, 2.24) is 15.2 Å². The fraction of sp³-hybridized carbons (Fsp3) is 0.364. The second-order valence-electron chi connectivity index (χ2n) is 6.85. The summed E-state index contributed by atoms with van der Waals surface area (Å²) < 4.78 is 2.16. The Labute approximate surface area is 161 Å². The molecule has 1 aromatic carbocycles. The summed E-state index contributed by atoms with van der Waals surface area (Å²) in [6, 6.07) is 9.84. The molecule has 0 saturated heterocycles. The van der Waals surface area contributed by atoms with Gasteiger partial charge < -0.3 is 15.2 Å². The largest absolute Gasteiger partial charge is 0.354 e. The maximum Gasteiger partial charge on any atom is 0.244 e. The van der Waals surface area contributed by atoms with E-state index in [9.17, 15) is 9.59 Å². The highest BCUT2D eigenvalue weighted by atomic mass is 16.2. The molecule has 0 aliphatic carbocycles. The number of aryl methyl sites for hydroxylation is 2. The van der Waals surface area contributed by atoms with Gasteiger partial charge in [-0.15, -0.1) is 0 Å². The van der Waals surface area contributed by atoms with Crippen molar-refractivity contribution < 1.29 is 9.59 Å². The average Bonchev–Trinajstić information content (AvgIpc) is 2.92. The second kappa shape index (κ2) is 9.21. The Morgan fingerprint density at radius 1 is 1.15 bits per heavy atom. The summed E-state index contributed by atoms with van der Waals surface area (Å²) in [5.74, 6) is -0.453. The second-order valence-corrected chi connectivity index (χ2v) is 6.85. The van der Waals surface area contributed by atoms with E-state index in [-0.39, 0.29) is 11.8 Å². The molecule has 1 aromatic heterocycles. The molecule has 1 unspecified atom stereocenters. The molecule has 1 atom stereocenters. The SMILES string of the molecule is CCCNC(=O)C(C)NC(=O)/C=C/c1cc(C)n(-c2ccc(C)cc2)c1C. The van der Waals surface area contributed by atoms with Crippen molar-refractivity contribution in [2.24, 2.45) is 0 Å². The zero-order chi connectivity index (χ0) is 20.0. The summed E-state index contributed by atoms with van der Waals surface area (Å²) >= 11 is 0. The van der Waals surface area contributed by atoms with Crippen LogP contribution in [0.4, 0.5) is 0 Å². The summed E-state index contributed by atoms with van der Waals surface area (Å²) in [6.07, 6.45) is 4.13. The van der Waals surface area contributed by atoms with E-state index in [0.29, 0.717) is 6.54 Å². The Hall–Kier alpha value is -2.82. The molecule has 0 aliphatic rings. The van der Waals surface area contributed by atoms with Gasteiger partial charge in [-0.05, 0) is 64.0 Å². The molecule has 2 N–H and O–H groups in total. The van der Waals surface area contributed by atoms with E-state index in [1.807, 2.05) is 20.8 Å². The van der Waals surface area contributed by atoms with E-state index in [2.05, 4.69) is 52.5 Å². The molecule has 0 aliphatic heterocycles. The Balaban J connectivity index is 2.09. The van der Waals surface area contributed by atoms with Crippen molar-refractivity contribution in [3.63, 3.8) is 0 Å². The number of hydrogen-bond acceptors (Lipinski definition) is 2. The number of benzene rings is 1. The number of rotatable bonds is 7. The molecule has 0 bridgehead atoms. The normalized spacial score (nSPS) is 12.2. The van der Waals surface area contributed by atoms with E-state index in [4.69, 9.17) is 0 Å². The fourth-order valence-corrected chi connectivity index (χ4v) is 2.94. The number of hydrogen-bond donors (Lipinski definition) is 2. The fourth-order valence-electron chi connectivity index (χ4n) is 2.94. The smallest absolute Gasteiger partial charge is 0.244 e. The molecule has 2 rings (SSSR count). The van der Waals surface area contributed by atoms with Crippen molar-refractivity contribution in [3.05, 3.63) is 58.9 Å². The average molecular weight is 367 g/mol. The molecule has 5 heteroatoms.